The minimum absolute atomic E-state index is 0.158. The van der Waals surface area contributed by atoms with Crippen LogP contribution in [-0.4, -0.2) is 23.3 Å². The zero-order chi connectivity index (χ0) is 15.5. The molecule has 0 aliphatic carbocycles. The van der Waals surface area contributed by atoms with Crippen LogP contribution >= 0.6 is 0 Å². The molecule has 0 saturated carbocycles. The van der Waals surface area contributed by atoms with Crippen molar-refractivity contribution in [3.05, 3.63) is 29.8 Å². The molecule has 0 spiro atoms. The maximum Gasteiger partial charge on any atom is 0.264 e. The van der Waals surface area contributed by atoms with Gasteiger partial charge in [0.15, 0.2) is 5.60 Å². The summed E-state index contributed by atoms with van der Waals surface area (Å²) in [6.45, 7) is 4.13. The Balaban J connectivity index is 2.24. The second kappa shape index (κ2) is 6.39. The van der Waals surface area contributed by atoms with Crippen LogP contribution < -0.4 is 4.90 Å². The van der Waals surface area contributed by atoms with E-state index in [2.05, 4.69) is 6.92 Å². The molecule has 0 fully saturated rings. The van der Waals surface area contributed by atoms with Crippen LogP contribution in [0.5, 0.6) is 0 Å². The molecule has 4 nitrogen and oxygen atoms in total. The average Bonchev–Trinajstić information content (AvgIpc) is 2.65. The van der Waals surface area contributed by atoms with E-state index in [-0.39, 0.29) is 18.1 Å². The van der Waals surface area contributed by atoms with Gasteiger partial charge in [0.05, 0.1) is 5.69 Å². The zero-order valence-electron chi connectivity index (χ0n) is 12.8. The van der Waals surface area contributed by atoms with E-state index in [4.69, 9.17) is 0 Å². The van der Waals surface area contributed by atoms with Gasteiger partial charge in [-0.05, 0) is 19.4 Å². The highest BCUT2D eigenvalue weighted by Crippen LogP contribution is 2.42. The Morgan fingerprint density at radius 1 is 1.24 bits per heavy atom. The number of rotatable bonds is 7. The van der Waals surface area contributed by atoms with E-state index in [0.717, 1.165) is 31.4 Å². The van der Waals surface area contributed by atoms with Crippen molar-refractivity contribution in [1.29, 1.82) is 0 Å². The molecular formula is C17H23NO3. The van der Waals surface area contributed by atoms with E-state index in [1.165, 1.54) is 6.92 Å². The largest absolute Gasteiger partial charge is 0.375 e. The van der Waals surface area contributed by atoms with Crippen molar-refractivity contribution in [3.63, 3.8) is 0 Å². The second-order valence-corrected chi connectivity index (χ2v) is 5.77. The highest BCUT2D eigenvalue weighted by Gasteiger charge is 2.49. The Kier molecular flexibility index (Phi) is 4.78. The highest BCUT2D eigenvalue weighted by molar-refractivity contribution is 6.08. The number of para-hydroxylation sites is 1. The van der Waals surface area contributed by atoms with E-state index in [1.807, 2.05) is 12.1 Å². The fraction of sp³-hybridized carbons (Fsp3) is 0.529. The number of Topliss-reactive ketones (excluding diaryl/α,β-unsaturated/α-hetero) is 1. The molecule has 0 aromatic heterocycles. The molecule has 1 atom stereocenters. The van der Waals surface area contributed by atoms with Crippen molar-refractivity contribution < 1.29 is 14.7 Å². The molecule has 1 aliphatic rings. The van der Waals surface area contributed by atoms with E-state index in [0.29, 0.717) is 12.1 Å². The molecule has 1 aromatic rings. The number of hydrogen-bond donors (Lipinski definition) is 1. The summed E-state index contributed by atoms with van der Waals surface area (Å²) in [5.74, 6) is -0.552. The predicted molar refractivity (Wildman–Crippen MR) is 82.1 cm³/mol. The number of ketones is 1. The number of carbonyl (C=O) groups is 2. The van der Waals surface area contributed by atoms with Crippen molar-refractivity contribution in [1.82, 2.24) is 0 Å². The molecule has 1 unspecified atom stereocenters. The van der Waals surface area contributed by atoms with Crippen molar-refractivity contribution >= 4 is 17.4 Å². The van der Waals surface area contributed by atoms with E-state index >= 15 is 0 Å². The summed E-state index contributed by atoms with van der Waals surface area (Å²) in [4.78, 5) is 25.7. The fourth-order valence-corrected chi connectivity index (χ4v) is 2.96. The number of aliphatic hydroxyl groups is 1. The quantitative estimate of drug-likeness (QED) is 0.785. The summed E-state index contributed by atoms with van der Waals surface area (Å²) in [6, 6.07) is 7.22. The molecule has 1 amide bonds. The molecule has 1 aliphatic heterocycles. The van der Waals surface area contributed by atoms with Gasteiger partial charge in [-0.1, -0.05) is 44.4 Å². The monoisotopic (exact) mass is 289 g/mol. The van der Waals surface area contributed by atoms with Crippen molar-refractivity contribution in [2.75, 3.05) is 11.4 Å². The number of fused-ring (bicyclic) bond motifs is 1. The van der Waals surface area contributed by atoms with Crippen LogP contribution in [0.2, 0.25) is 0 Å². The normalized spacial score (nSPS) is 20.7. The van der Waals surface area contributed by atoms with Gasteiger partial charge >= 0.3 is 0 Å². The Morgan fingerprint density at radius 2 is 1.95 bits per heavy atom. The van der Waals surface area contributed by atoms with Gasteiger partial charge in [-0.2, -0.15) is 0 Å². The summed E-state index contributed by atoms with van der Waals surface area (Å²) >= 11 is 0. The van der Waals surface area contributed by atoms with E-state index in [1.54, 1.807) is 17.0 Å². The summed E-state index contributed by atoms with van der Waals surface area (Å²) in [5, 5.41) is 10.7. The lowest BCUT2D eigenvalue weighted by molar-refractivity contribution is -0.141. The number of benzene rings is 1. The first-order valence-electron chi connectivity index (χ1n) is 7.64. The van der Waals surface area contributed by atoms with Crippen molar-refractivity contribution in [2.24, 2.45) is 0 Å². The van der Waals surface area contributed by atoms with Gasteiger partial charge in [0.1, 0.15) is 5.78 Å². The lowest BCUT2D eigenvalue weighted by atomic mass is 9.90. The highest BCUT2D eigenvalue weighted by atomic mass is 16.3. The van der Waals surface area contributed by atoms with Crippen molar-refractivity contribution in [2.45, 2.75) is 51.6 Å². The molecule has 1 aromatic carbocycles. The molecule has 21 heavy (non-hydrogen) atoms. The number of nitrogens with zero attached hydrogens (tertiary/aromatic N) is 1. The van der Waals surface area contributed by atoms with Gasteiger partial charge in [0.2, 0.25) is 0 Å². The molecule has 1 heterocycles. The first kappa shape index (κ1) is 15.7. The lowest BCUT2D eigenvalue weighted by Gasteiger charge is -2.22. The molecule has 114 valence electrons. The minimum atomic E-state index is -1.69. The number of carbonyl (C=O) groups excluding carboxylic acids is 2. The van der Waals surface area contributed by atoms with Crippen LogP contribution in [0.3, 0.4) is 0 Å². The Morgan fingerprint density at radius 3 is 2.62 bits per heavy atom. The van der Waals surface area contributed by atoms with Gasteiger partial charge in [-0.25, -0.2) is 0 Å². The molecular weight excluding hydrogens is 266 g/mol. The Bertz CT molecular complexity index is 541. The smallest absolute Gasteiger partial charge is 0.264 e. The lowest BCUT2D eigenvalue weighted by Crippen LogP contribution is -2.41. The summed E-state index contributed by atoms with van der Waals surface area (Å²) in [5.41, 5.74) is -0.392. The molecule has 0 bridgehead atoms. The molecule has 2 rings (SSSR count). The maximum absolute atomic E-state index is 12.6. The number of amides is 1. The van der Waals surface area contributed by atoms with Gasteiger partial charge in [0, 0.05) is 18.5 Å². The maximum atomic E-state index is 12.6. The standard InChI is InChI=1S/C17H23NO3/c1-3-4-5-8-11-18-15-10-7-6-9-14(15)17(21,16(18)20)12-13(2)19/h6-7,9-10,21H,3-5,8,11-12H2,1-2H3. The molecule has 0 radical (unpaired) electrons. The molecule has 1 N–H and O–H groups in total. The topological polar surface area (TPSA) is 57.6 Å². The van der Waals surface area contributed by atoms with E-state index < -0.39 is 5.60 Å². The number of anilines is 1. The Labute approximate surface area is 125 Å². The zero-order valence-corrected chi connectivity index (χ0v) is 12.8. The summed E-state index contributed by atoms with van der Waals surface area (Å²) in [6.07, 6.45) is 4.09. The van der Waals surface area contributed by atoms with Crippen LogP contribution in [0.4, 0.5) is 5.69 Å². The first-order valence-corrected chi connectivity index (χ1v) is 7.64. The van der Waals surface area contributed by atoms with Gasteiger partial charge in [-0.3, -0.25) is 9.59 Å². The Hall–Kier alpha value is -1.68. The van der Waals surface area contributed by atoms with Crippen LogP contribution in [0, 0.1) is 0 Å². The van der Waals surface area contributed by atoms with Crippen LogP contribution in [-0.2, 0) is 15.2 Å². The second-order valence-electron chi connectivity index (χ2n) is 5.77. The number of unbranched alkanes of at least 4 members (excludes halogenated alkanes) is 3. The average molecular weight is 289 g/mol. The SMILES string of the molecule is CCCCCCN1C(=O)C(O)(CC(C)=O)c2ccccc21. The first-order chi connectivity index (χ1) is 10.0. The summed E-state index contributed by atoms with van der Waals surface area (Å²) in [7, 11) is 0. The third-order valence-corrected chi connectivity index (χ3v) is 3.98. The summed E-state index contributed by atoms with van der Waals surface area (Å²) < 4.78 is 0. The van der Waals surface area contributed by atoms with Crippen LogP contribution in [0.15, 0.2) is 24.3 Å². The molecule has 4 heteroatoms. The predicted octanol–water partition coefficient (Wildman–Crippen LogP) is 2.78. The third-order valence-electron chi connectivity index (χ3n) is 3.98. The van der Waals surface area contributed by atoms with Gasteiger partial charge in [0.25, 0.3) is 5.91 Å². The minimum Gasteiger partial charge on any atom is -0.375 e. The van der Waals surface area contributed by atoms with Crippen LogP contribution in [0.1, 0.15) is 51.5 Å². The van der Waals surface area contributed by atoms with Gasteiger partial charge in [-0.15, -0.1) is 0 Å². The van der Waals surface area contributed by atoms with E-state index in [9.17, 15) is 14.7 Å². The van der Waals surface area contributed by atoms with Crippen molar-refractivity contribution in [3.8, 4) is 0 Å². The fourth-order valence-electron chi connectivity index (χ4n) is 2.96. The number of hydrogen-bond acceptors (Lipinski definition) is 3. The third kappa shape index (κ3) is 3.00. The molecule has 0 saturated heterocycles. The van der Waals surface area contributed by atoms with Crippen LogP contribution in [0.25, 0.3) is 0 Å². The van der Waals surface area contributed by atoms with Gasteiger partial charge < -0.3 is 10.0 Å².